The molecule has 0 amide bonds. The van der Waals surface area contributed by atoms with Crippen LogP contribution in [0.15, 0.2) is 42.5 Å². The molecule has 0 unspecified atom stereocenters. The quantitative estimate of drug-likeness (QED) is 0.371. The molecule has 1 aliphatic rings. The van der Waals surface area contributed by atoms with E-state index in [1.807, 2.05) is 0 Å². The molecule has 0 N–H and O–H groups in total. The highest BCUT2D eigenvalue weighted by atomic mass is 32.1. The van der Waals surface area contributed by atoms with Gasteiger partial charge in [0.2, 0.25) is 0 Å². The van der Waals surface area contributed by atoms with E-state index in [1.54, 1.807) is 12.1 Å². The number of carbonyl (C=O) groups is 1. The molecule has 3 aromatic rings. The van der Waals surface area contributed by atoms with Crippen molar-refractivity contribution in [2.24, 2.45) is 0 Å². The first-order chi connectivity index (χ1) is 13.5. The number of nitro benzene ring substituents is 1. The van der Waals surface area contributed by atoms with Crippen LogP contribution in [0.2, 0.25) is 0 Å². The number of non-ortho nitro benzene ring substituents is 1. The van der Waals surface area contributed by atoms with Gasteiger partial charge in [0, 0.05) is 43.9 Å². The molecule has 0 spiro atoms. The number of benzene rings is 2. The third-order valence-electron chi connectivity index (χ3n) is 4.75. The molecule has 0 atom stereocenters. The number of piperazine rings is 1. The summed E-state index contributed by atoms with van der Waals surface area (Å²) in [6.45, 7) is 3.16. The first-order valence-corrected chi connectivity index (χ1v) is 9.62. The Bertz CT molecular complexity index is 1030. The molecular weight excluding hydrogens is 383 g/mol. The van der Waals surface area contributed by atoms with Crippen molar-refractivity contribution in [3.8, 4) is 0 Å². The molecule has 0 bridgehead atoms. The molecule has 1 saturated heterocycles. The van der Waals surface area contributed by atoms with Gasteiger partial charge in [-0.1, -0.05) is 11.3 Å². The lowest BCUT2D eigenvalue weighted by Gasteiger charge is -2.34. The summed E-state index contributed by atoms with van der Waals surface area (Å²) < 4.78 is 13.8. The fourth-order valence-electron chi connectivity index (χ4n) is 3.18. The van der Waals surface area contributed by atoms with Crippen LogP contribution in [0.3, 0.4) is 0 Å². The highest BCUT2D eigenvalue weighted by molar-refractivity contribution is 7.22. The number of nitrogens with zero attached hydrogens (tertiary/aromatic N) is 4. The van der Waals surface area contributed by atoms with Crippen LogP contribution >= 0.6 is 11.3 Å². The van der Waals surface area contributed by atoms with Crippen LogP contribution in [0.25, 0.3) is 10.2 Å². The van der Waals surface area contributed by atoms with Crippen molar-refractivity contribution >= 4 is 38.2 Å². The summed E-state index contributed by atoms with van der Waals surface area (Å²) in [5.74, 6) is -0.382. The number of aromatic nitrogens is 1. The zero-order valence-electron chi connectivity index (χ0n) is 14.9. The van der Waals surface area contributed by atoms with E-state index >= 15 is 0 Å². The Kier molecular flexibility index (Phi) is 5.01. The lowest BCUT2D eigenvalue weighted by atomic mass is 10.1. The Morgan fingerprint density at radius 2 is 1.86 bits per heavy atom. The largest absolute Gasteiger partial charge is 0.345 e. The Hall–Kier alpha value is -2.91. The monoisotopic (exact) mass is 400 g/mol. The summed E-state index contributed by atoms with van der Waals surface area (Å²) >= 11 is 1.44. The van der Waals surface area contributed by atoms with Gasteiger partial charge in [0.1, 0.15) is 5.82 Å². The van der Waals surface area contributed by atoms with E-state index in [4.69, 9.17) is 0 Å². The molecule has 1 aliphatic heterocycles. The Morgan fingerprint density at radius 1 is 1.14 bits per heavy atom. The van der Waals surface area contributed by atoms with Crippen molar-refractivity contribution in [3.05, 3.63) is 64.0 Å². The number of carbonyl (C=O) groups excluding carboxylic acids is 1. The summed E-state index contributed by atoms with van der Waals surface area (Å²) in [7, 11) is 0. The highest BCUT2D eigenvalue weighted by Gasteiger charge is 2.22. The zero-order chi connectivity index (χ0) is 19.7. The van der Waals surface area contributed by atoms with Crippen molar-refractivity contribution in [2.75, 3.05) is 37.6 Å². The maximum Gasteiger partial charge on any atom is 0.270 e. The van der Waals surface area contributed by atoms with Gasteiger partial charge >= 0.3 is 0 Å². The summed E-state index contributed by atoms with van der Waals surface area (Å²) in [4.78, 5) is 31.6. The van der Waals surface area contributed by atoms with E-state index < -0.39 is 4.92 Å². The SMILES string of the molecule is O=C(CN1CCN(c2nc3ccc([N+](=O)[O-])cc3s2)CC1)c1ccc(F)cc1. The number of Topliss-reactive ketones (excluding diaryl/α,β-unsaturated/α-hetero) is 1. The molecule has 28 heavy (non-hydrogen) atoms. The van der Waals surface area contributed by atoms with Crippen LogP contribution in [-0.4, -0.2) is 53.3 Å². The normalized spacial score (nSPS) is 15.1. The number of thiazole rings is 1. The van der Waals surface area contributed by atoms with Gasteiger partial charge in [0.15, 0.2) is 10.9 Å². The molecule has 1 aromatic heterocycles. The number of nitro groups is 1. The van der Waals surface area contributed by atoms with Crippen molar-refractivity contribution in [1.29, 1.82) is 0 Å². The van der Waals surface area contributed by atoms with Gasteiger partial charge in [0.25, 0.3) is 5.69 Å². The van der Waals surface area contributed by atoms with Gasteiger partial charge in [-0.3, -0.25) is 19.8 Å². The topological polar surface area (TPSA) is 79.6 Å². The minimum absolute atomic E-state index is 0.0271. The van der Waals surface area contributed by atoms with Gasteiger partial charge in [-0.25, -0.2) is 9.37 Å². The molecule has 4 rings (SSSR count). The van der Waals surface area contributed by atoms with Gasteiger partial charge < -0.3 is 4.90 Å². The van der Waals surface area contributed by atoms with Crippen molar-refractivity contribution < 1.29 is 14.1 Å². The lowest BCUT2D eigenvalue weighted by molar-refractivity contribution is -0.384. The minimum atomic E-state index is -0.407. The number of fused-ring (bicyclic) bond motifs is 1. The number of rotatable bonds is 5. The molecule has 1 fully saturated rings. The van der Waals surface area contributed by atoms with Crippen LogP contribution in [0.1, 0.15) is 10.4 Å². The van der Waals surface area contributed by atoms with Crippen LogP contribution in [-0.2, 0) is 0 Å². The summed E-state index contributed by atoms with van der Waals surface area (Å²) in [5.41, 5.74) is 1.32. The smallest absolute Gasteiger partial charge is 0.270 e. The average Bonchev–Trinajstić information content (AvgIpc) is 3.12. The van der Waals surface area contributed by atoms with E-state index in [9.17, 15) is 19.3 Å². The molecule has 9 heteroatoms. The van der Waals surface area contributed by atoms with E-state index in [1.165, 1.54) is 41.7 Å². The van der Waals surface area contributed by atoms with Gasteiger partial charge in [-0.05, 0) is 30.3 Å². The maximum absolute atomic E-state index is 13.0. The van der Waals surface area contributed by atoms with E-state index in [0.29, 0.717) is 25.2 Å². The Balaban J connectivity index is 1.38. The summed E-state index contributed by atoms with van der Waals surface area (Å²) in [5, 5.41) is 11.8. The molecule has 144 valence electrons. The average molecular weight is 400 g/mol. The van der Waals surface area contributed by atoms with Crippen LogP contribution in [0.4, 0.5) is 15.2 Å². The number of halogens is 1. The molecular formula is C19H17FN4O3S. The lowest BCUT2D eigenvalue weighted by Crippen LogP contribution is -2.48. The third-order valence-corrected chi connectivity index (χ3v) is 5.83. The van der Waals surface area contributed by atoms with Crippen molar-refractivity contribution in [2.45, 2.75) is 0 Å². The summed E-state index contributed by atoms with van der Waals surface area (Å²) in [6, 6.07) is 10.3. The van der Waals surface area contributed by atoms with Crippen molar-refractivity contribution in [1.82, 2.24) is 9.88 Å². The summed E-state index contributed by atoms with van der Waals surface area (Å²) in [6.07, 6.45) is 0. The molecule has 0 radical (unpaired) electrons. The Morgan fingerprint density at radius 3 is 2.54 bits per heavy atom. The second-order valence-electron chi connectivity index (χ2n) is 6.60. The predicted octanol–water partition coefficient (Wildman–Crippen LogP) is 3.35. The second-order valence-corrected chi connectivity index (χ2v) is 7.61. The third kappa shape index (κ3) is 3.85. The van der Waals surface area contributed by atoms with Crippen LogP contribution in [0, 0.1) is 15.9 Å². The van der Waals surface area contributed by atoms with E-state index in [0.717, 1.165) is 28.4 Å². The van der Waals surface area contributed by atoms with Gasteiger partial charge in [0.05, 0.1) is 21.7 Å². The second kappa shape index (κ2) is 7.61. The molecule has 7 nitrogen and oxygen atoms in total. The number of ketones is 1. The van der Waals surface area contributed by atoms with E-state index in [2.05, 4.69) is 14.8 Å². The zero-order valence-corrected chi connectivity index (χ0v) is 15.7. The Labute approximate surface area is 164 Å². The van der Waals surface area contributed by atoms with Crippen molar-refractivity contribution in [3.63, 3.8) is 0 Å². The van der Waals surface area contributed by atoms with Gasteiger partial charge in [-0.2, -0.15) is 0 Å². The number of hydrogen-bond donors (Lipinski definition) is 0. The molecule has 2 heterocycles. The van der Waals surface area contributed by atoms with Crippen LogP contribution in [0.5, 0.6) is 0 Å². The minimum Gasteiger partial charge on any atom is -0.345 e. The number of hydrogen-bond acceptors (Lipinski definition) is 7. The standard InChI is InChI=1S/C19H17FN4O3S/c20-14-3-1-13(2-4-14)17(25)12-22-7-9-23(10-8-22)19-21-16-6-5-15(24(26)27)11-18(16)28-19/h1-6,11H,7-10,12H2. The van der Waals surface area contributed by atoms with E-state index in [-0.39, 0.29) is 17.3 Å². The fraction of sp³-hybridized carbons (Fsp3) is 0.263. The molecule has 2 aromatic carbocycles. The molecule has 0 saturated carbocycles. The maximum atomic E-state index is 13.0. The molecule has 0 aliphatic carbocycles. The first kappa shape index (κ1) is 18.5. The predicted molar refractivity (Wildman–Crippen MR) is 106 cm³/mol. The number of anilines is 1. The fourth-order valence-corrected chi connectivity index (χ4v) is 4.23. The van der Waals surface area contributed by atoms with Gasteiger partial charge in [-0.15, -0.1) is 0 Å². The van der Waals surface area contributed by atoms with Crippen LogP contribution < -0.4 is 4.90 Å². The first-order valence-electron chi connectivity index (χ1n) is 8.81. The highest BCUT2D eigenvalue weighted by Crippen LogP contribution is 2.31.